The summed E-state index contributed by atoms with van der Waals surface area (Å²) in [6.45, 7) is 0. The van der Waals surface area contributed by atoms with Crippen molar-refractivity contribution in [3.05, 3.63) is 62.7 Å². The molecule has 3 heterocycles. The third kappa shape index (κ3) is 2.20. The first kappa shape index (κ1) is 14.7. The molecule has 0 fully saturated rings. The van der Waals surface area contributed by atoms with Crippen LogP contribution in [0.4, 0.5) is 0 Å². The van der Waals surface area contributed by atoms with Gasteiger partial charge in [-0.1, -0.05) is 15.9 Å². The van der Waals surface area contributed by atoms with Gasteiger partial charge in [0.1, 0.15) is 11.3 Å². The molecular weight excluding hydrogens is 404 g/mol. The Morgan fingerprint density at radius 2 is 2.04 bits per heavy atom. The van der Waals surface area contributed by atoms with Gasteiger partial charge in [0.15, 0.2) is 4.96 Å². The molecule has 0 unspecified atom stereocenters. The van der Waals surface area contributed by atoms with Crippen LogP contribution in [0.3, 0.4) is 0 Å². The summed E-state index contributed by atoms with van der Waals surface area (Å²) in [7, 11) is 0. The Balaban J connectivity index is 1.86. The average Bonchev–Trinajstić information content (AvgIpc) is 3.13. The zero-order valence-electron chi connectivity index (χ0n) is 12.6. The Morgan fingerprint density at radius 3 is 2.92 bits per heavy atom. The van der Waals surface area contributed by atoms with Crippen molar-refractivity contribution in [1.29, 1.82) is 0 Å². The van der Waals surface area contributed by atoms with Crippen molar-refractivity contribution in [2.75, 3.05) is 0 Å². The molecule has 122 valence electrons. The van der Waals surface area contributed by atoms with Crippen molar-refractivity contribution in [3.63, 3.8) is 0 Å². The van der Waals surface area contributed by atoms with Crippen molar-refractivity contribution in [3.8, 4) is 17.0 Å². The molecule has 1 N–H and O–H groups in total. The number of benzene rings is 2. The molecular formula is C18H9BrN2O3S. The zero-order chi connectivity index (χ0) is 17.1. The summed E-state index contributed by atoms with van der Waals surface area (Å²) in [6, 6.07) is 12.4. The summed E-state index contributed by atoms with van der Waals surface area (Å²) in [5, 5.41) is 12.4. The standard InChI is InChI=1S/C18H9BrN2O3S/c19-10-1-4-16-9(5-10)6-12(17(23)24-16)15-8-25-18-20-13-7-11(22)2-3-14(13)21(15)18/h1-8,22H. The van der Waals surface area contributed by atoms with Crippen LogP contribution < -0.4 is 5.63 Å². The second kappa shape index (κ2) is 5.18. The average molecular weight is 413 g/mol. The Morgan fingerprint density at radius 1 is 1.16 bits per heavy atom. The van der Waals surface area contributed by atoms with E-state index >= 15 is 0 Å². The molecule has 5 aromatic rings. The molecule has 0 atom stereocenters. The lowest BCUT2D eigenvalue weighted by atomic mass is 10.1. The van der Waals surface area contributed by atoms with E-state index in [1.165, 1.54) is 11.3 Å². The number of halogens is 1. The fourth-order valence-electron chi connectivity index (χ4n) is 2.98. The number of fused-ring (bicyclic) bond motifs is 4. The molecule has 0 aliphatic heterocycles. The normalized spacial score (nSPS) is 11.7. The lowest BCUT2D eigenvalue weighted by Gasteiger charge is -2.03. The first-order valence-electron chi connectivity index (χ1n) is 7.42. The van der Waals surface area contributed by atoms with Gasteiger partial charge in [-0.25, -0.2) is 9.78 Å². The van der Waals surface area contributed by atoms with Crippen LogP contribution in [0, 0.1) is 0 Å². The van der Waals surface area contributed by atoms with Crippen LogP contribution in [0.2, 0.25) is 0 Å². The van der Waals surface area contributed by atoms with Crippen molar-refractivity contribution in [2.24, 2.45) is 0 Å². The minimum Gasteiger partial charge on any atom is -0.508 e. The molecule has 0 saturated heterocycles. The van der Waals surface area contributed by atoms with E-state index in [2.05, 4.69) is 20.9 Å². The highest BCUT2D eigenvalue weighted by atomic mass is 79.9. The Bertz CT molecular complexity index is 1350. The summed E-state index contributed by atoms with van der Waals surface area (Å²) in [5.74, 6) is 0.162. The van der Waals surface area contributed by atoms with Crippen LogP contribution in [-0.2, 0) is 0 Å². The van der Waals surface area contributed by atoms with Crippen LogP contribution in [0.5, 0.6) is 5.75 Å². The van der Waals surface area contributed by atoms with E-state index < -0.39 is 5.63 Å². The molecule has 0 aliphatic rings. The van der Waals surface area contributed by atoms with E-state index in [4.69, 9.17) is 4.42 Å². The van der Waals surface area contributed by atoms with E-state index in [-0.39, 0.29) is 5.75 Å². The van der Waals surface area contributed by atoms with Gasteiger partial charge in [-0.2, -0.15) is 0 Å². The van der Waals surface area contributed by atoms with E-state index in [1.807, 2.05) is 28.0 Å². The number of hydrogen-bond acceptors (Lipinski definition) is 5. The molecule has 5 nitrogen and oxygen atoms in total. The number of hydrogen-bond donors (Lipinski definition) is 1. The van der Waals surface area contributed by atoms with Gasteiger partial charge in [0.05, 0.1) is 22.3 Å². The molecule has 0 aliphatic carbocycles. The van der Waals surface area contributed by atoms with Gasteiger partial charge in [0.25, 0.3) is 0 Å². The smallest absolute Gasteiger partial charge is 0.345 e. The molecule has 2 aromatic carbocycles. The van der Waals surface area contributed by atoms with Crippen LogP contribution >= 0.6 is 27.3 Å². The minimum atomic E-state index is -0.393. The monoisotopic (exact) mass is 412 g/mol. The van der Waals surface area contributed by atoms with Crippen molar-refractivity contribution in [2.45, 2.75) is 0 Å². The van der Waals surface area contributed by atoms with Gasteiger partial charge < -0.3 is 9.52 Å². The second-order valence-corrected chi connectivity index (χ2v) is 7.41. The molecule has 5 rings (SSSR count). The van der Waals surface area contributed by atoms with Crippen molar-refractivity contribution in [1.82, 2.24) is 9.38 Å². The van der Waals surface area contributed by atoms with Gasteiger partial charge in [-0.05, 0) is 36.4 Å². The maximum Gasteiger partial charge on any atom is 0.345 e. The lowest BCUT2D eigenvalue weighted by molar-refractivity contribution is 0.476. The largest absolute Gasteiger partial charge is 0.508 e. The molecule has 0 saturated carbocycles. The Kier molecular flexibility index (Phi) is 3.04. The summed E-state index contributed by atoms with van der Waals surface area (Å²) >= 11 is 4.88. The minimum absolute atomic E-state index is 0.162. The highest BCUT2D eigenvalue weighted by Crippen LogP contribution is 2.31. The van der Waals surface area contributed by atoms with Crippen LogP contribution in [0.15, 0.2) is 61.5 Å². The molecule has 0 spiro atoms. The van der Waals surface area contributed by atoms with E-state index in [0.29, 0.717) is 16.7 Å². The summed E-state index contributed by atoms with van der Waals surface area (Å²) in [5.41, 5.74) is 2.87. The number of phenolic OH excluding ortho intramolecular Hbond substituents is 1. The molecule has 25 heavy (non-hydrogen) atoms. The first-order valence-corrected chi connectivity index (χ1v) is 9.10. The van der Waals surface area contributed by atoms with Crippen molar-refractivity contribution < 1.29 is 9.52 Å². The highest BCUT2D eigenvalue weighted by molar-refractivity contribution is 9.10. The maximum atomic E-state index is 12.5. The first-order chi connectivity index (χ1) is 12.1. The number of rotatable bonds is 1. The SMILES string of the molecule is O=c1oc2ccc(Br)cc2cc1-c1csc2nc3cc(O)ccc3n12. The van der Waals surface area contributed by atoms with Gasteiger partial charge in [-0.3, -0.25) is 4.40 Å². The van der Waals surface area contributed by atoms with Gasteiger partial charge in [-0.15, -0.1) is 11.3 Å². The molecule has 0 radical (unpaired) electrons. The van der Waals surface area contributed by atoms with E-state index in [9.17, 15) is 9.90 Å². The van der Waals surface area contributed by atoms with Crippen LogP contribution in [0.1, 0.15) is 0 Å². The van der Waals surface area contributed by atoms with E-state index in [1.54, 1.807) is 24.3 Å². The second-order valence-electron chi connectivity index (χ2n) is 5.65. The van der Waals surface area contributed by atoms with Gasteiger partial charge >= 0.3 is 5.63 Å². The number of phenols is 1. The predicted octanol–water partition coefficient (Wildman–Crippen LogP) is 4.79. The fourth-order valence-corrected chi connectivity index (χ4v) is 4.26. The number of aromatic hydroxyl groups is 1. The van der Waals surface area contributed by atoms with E-state index in [0.717, 1.165) is 26.0 Å². The Hall–Kier alpha value is -2.64. The summed E-state index contributed by atoms with van der Waals surface area (Å²) in [4.78, 5) is 17.8. The van der Waals surface area contributed by atoms with Gasteiger partial charge in [0.2, 0.25) is 0 Å². The van der Waals surface area contributed by atoms with Crippen molar-refractivity contribution >= 4 is 54.2 Å². The zero-order valence-corrected chi connectivity index (χ0v) is 15.0. The molecule has 0 amide bonds. The fraction of sp³-hybridized carbons (Fsp3) is 0. The predicted molar refractivity (Wildman–Crippen MR) is 101 cm³/mol. The number of aromatic nitrogens is 2. The highest BCUT2D eigenvalue weighted by Gasteiger charge is 2.16. The third-order valence-electron chi connectivity index (χ3n) is 4.09. The molecule has 0 bridgehead atoms. The molecule has 7 heteroatoms. The third-order valence-corrected chi connectivity index (χ3v) is 5.41. The topological polar surface area (TPSA) is 67.7 Å². The van der Waals surface area contributed by atoms with Crippen LogP contribution in [0.25, 0.3) is 38.2 Å². The Labute approximate surface area is 152 Å². The van der Waals surface area contributed by atoms with Crippen LogP contribution in [-0.4, -0.2) is 14.5 Å². The summed E-state index contributed by atoms with van der Waals surface area (Å²) in [6.07, 6.45) is 0. The number of nitrogens with zero attached hydrogens (tertiary/aromatic N) is 2. The maximum absolute atomic E-state index is 12.5. The quantitative estimate of drug-likeness (QED) is 0.402. The number of imidazole rings is 1. The molecule has 3 aromatic heterocycles. The number of thiazole rings is 1. The van der Waals surface area contributed by atoms with Gasteiger partial charge in [0, 0.05) is 21.3 Å². The lowest BCUT2D eigenvalue weighted by Crippen LogP contribution is -2.04. The summed E-state index contributed by atoms with van der Waals surface area (Å²) < 4.78 is 8.31.